The highest BCUT2D eigenvalue weighted by Gasteiger charge is 2.31. The van der Waals surface area contributed by atoms with Crippen LogP contribution in [0, 0.1) is 5.92 Å². The molecule has 0 aromatic heterocycles. The zero-order valence-electron chi connectivity index (χ0n) is 17.7. The fourth-order valence-electron chi connectivity index (χ4n) is 2.43. The van der Waals surface area contributed by atoms with Gasteiger partial charge in [0.2, 0.25) is 23.6 Å². The molecule has 0 saturated carbocycles. The topological polar surface area (TPSA) is 231 Å². The Morgan fingerprint density at radius 1 is 0.774 bits per heavy atom. The third-order valence-corrected chi connectivity index (χ3v) is 4.24. The van der Waals surface area contributed by atoms with Crippen LogP contribution in [0.5, 0.6) is 0 Å². The summed E-state index contributed by atoms with van der Waals surface area (Å²) in [6, 6.07) is -4.89. The van der Waals surface area contributed by atoms with Crippen molar-refractivity contribution in [3.63, 3.8) is 0 Å². The Hall–Kier alpha value is -3.22. The van der Waals surface area contributed by atoms with E-state index in [0.717, 1.165) is 0 Å². The van der Waals surface area contributed by atoms with Crippen molar-refractivity contribution in [3.05, 3.63) is 0 Å². The van der Waals surface area contributed by atoms with Gasteiger partial charge in [-0.15, -0.1) is 0 Å². The molecule has 0 aliphatic carbocycles. The Bertz CT molecular complexity index is 694. The van der Waals surface area contributed by atoms with E-state index in [4.69, 9.17) is 16.6 Å². The number of hydrogen-bond acceptors (Lipinski definition) is 7. The Morgan fingerprint density at radius 3 is 1.61 bits per heavy atom. The molecule has 13 nitrogen and oxygen atoms in total. The zero-order valence-corrected chi connectivity index (χ0v) is 17.7. The number of aliphatic carboxylic acids is 2. The molecule has 176 valence electrons. The van der Waals surface area contributed by atoms with E-state index < -0.39 is 72.1 Å². The normalized spacial score (nSPS) is 14.6. The molecule has 4 amide bonds. The van der Waals surface area contributed by atoms with Crippen LogP contribution in [0.1, 0.15) is 46.5 Å². The molecule has 4 atom stereocenters. The van der Waals surface area contributed by atoms with Crippen LogP contribution in [-0.2, 0) is 28.8 Å². The molecule has 9 N–H and O–H groups in total. The second-order valence-corrected chi connectivity index (χ2v) is 7.42. The molecule has 4 unspecified atom stereocenters. The molecule has 0 aliphatic heterocycles. The zero-order chi connectivity index (χ0) is 24.3. The van der Waals surface area contributed by atoms with Crippen LogP contribution in [-0.4, -0.2) is 69.9 Å². The van der Waals surface area contributed by atoms with Crippen molar-refractivity contribution in [2.45, 2.75) is 70.6 Å². The number of carbonyl (C=O) groups is 6. The minimum Gasteiger partial charge on any atom is -0.481 e. The number of amides is 4. The van der Waals surface area contributed by atoms with Gasteiger partial charge >= 0.3 is 11.9 Å². The van der Waals surface area contributed by atoms with Gasteiger partial charge in [-0.3, -0.25) is 24.0 Å². The third kappa shape index (κ3) is 10.9. The summed E-state index contributed by atoms with van der Waals surface area (Å²) in [6.07, 6.45) is -1.26. The molecule has 0 radical (unpaired) electrons. The second-order valence-electron chi connectivity index (χ2n) is 7.42. The van der Waals surface area contributed by atoms with Gasteiger partial charge in [0.15, 0.2) is 0 Å². The van der Waals surface area contributed by atoms with Gasteiger partial charge < -0.3 is 37.6 Å². The van der Waals surface area contributed by atoms with Crippen molar-refractivity contribution < 1.29 is 39.0 Å². The van der Waals surface area contributed by atoms with Crippen molar-refractivity contribution in [1.29, 1.82) is 0 Å². The first-order valence-corrected chi connectivity index (χ1v) is 9.65. The standard InChI is InChI=1S/C18H31N5O8/c1-8(2)14(18(30)31)23-17(29)11(5-7-13(25)26)22-16(28)10(4-6-12(20)24)21-15(27)9(3)19/h8-11,14H,4-7,19H2,1-3H3,(H2,20,24)(H,21,27)(H,22,28)(H,23,29)(H,25,26)(H,30,31). The van der Waals surface area contributed by atoms with E-state index in [0.29, 0.717) is 0 Å². The van der Waals surface area contributed by atoms with E-state index in [1.165, 1.54) is 6.92 Å². The molecule has 13 heteroatoms. The molecule has 0 saturated heterocycles. The number of primary amides is 1. The first-order chi connectivity index (χ1) is 14.3. The summed E-state index contributed by atoms with van der Waals surface area (Å²) in [7, 11) is 0. The van der Waals surface area contributed by atoms with E-state index in [9.17, 15) is 33.9 Å². The van der Waals surface area contributed by atoms with Gasteiger partial charge in [0, 0.05) is 12.8 Å². The van der Waals surface area contributed by atoms with Crippen molar-refractivity contribution in [1.82, 2.24) is 16.0 Å². The summed E-state index contributed by atoms with van der Waals surface area (Å²) >= 11 is 0. The van der Waals surface area contributed by atoms with Crippen LogP contribution in [0.25, 0.3) is 0 Å². The monoisotopic (exact) mass is 445 g/mol. The highest BCUT2D eigenvalue weighted by Crippen LogP contribution is 2.06. The SMILES string of the molecule is CC(N)C(=O)NC(CCC(N)=O)C(=O)NC(CCC(=O)O)C(=O)NC(C(=O)O)C(C)C. The molecule has 0 bridgehead atoms. The maximum absolute atomic E-state index is 12.7. The van der Waals surface area contributed by atoms with Crippen molar-refractivity contribution in [2.75, 3.05) is 0 Å². The molecular weight excluding hydrogens is 414 g/mol. The fraction of sp³-hybridized carbons (Fsp3) is 0.667. The Kier molecular flexibility index (Phi) is 11.8. The number of carboxylic acid groups (broad SMARTS) is 2. The first kappa shape index (κ1) is 27.8. The van der Waals surface area contributed by atoms with E-state index >= 15 is 0 Å². The molecule has 0 aromatic carbocycles. The van der Waals surface area contributed by atoms with Crippen LogP contribution in [0.4, 0.5) is 0 Å². The Balaban J connectivity index is 5.53. The molecule has 0 fully saturated rings. The van der Waals surface area contributed by atoms with Gasteiger partial charge in [0.05, 0.1) is 6.04 Å². The quantitative estimate of drug-likeness (QED) is 0.151. The van der Waals surface area contributed by atoms with Crippen LogP contribution < -0.4 is 27.4 Å². The summed E-state index contributed by atoms with van der Waals surface area (Å²) in [5.74, 6) is -6.21. The number of hydrogen-bond donors (Lipinski definition) is 7. The van der Waals surface area contributed by atoms with Gasteiger partial charge in [-0.25, -0.2) is 4.79 Å². The van der Waals surface area contributed by atoms with Crippen LogP contribution in [0.3, 0.4) is 0 Å². The number of carboxylic acids is 2. The summed E-state index contributed by atoms with van der Waals surface area (Å²) in [5, 5.41) is 25.1. The molecule has 0 aliphatic rings. The van der Waals surface area contributed by atoms with Gasteiger partial charge in [-0.1, -0.05) is 13.8 Å². The molecular formula is C18H31N5O8. The Morgan fingerprint density at radius 2 is 1.23 bits per heavy atom. The van der Waals surface area contributed by atoms with Gasteiger partial charge in [0.1, 0.15) is 18.1 Å². The minimum absolute atomic E-state index is 0.184. The smallest absolute Gasteiger partial charge is 0.326 e. The van der Waals surface area contributed by atoms with Crippen molar-refractivity contribution in [2.24, 2.45) is 17.4 Å². The van der Waals surface area contributed by atoms with E-state index in [2.05, 4.69) is 16.0 Å². The largest absolute Gasteiger partial charge is 0.481 e. The highest BCUT2D eigenvalue weighted by molar-refractivity contribution is 5.94. The van der Waals surface area contributed by atoms with E-state index in [-0.39, 0.29) is 19.3 Å². The number of carbonyl (C=O) groups excluding carboxylic acids is 4. The third-order valence-electron chi connectivity index (χ3n) is 4.24. The number of nitrogens with one attached hydrogen (secondary N) is 3. The maximum atomic E-state index is 12.7. The summed E-state index contributed by atoms with van der Waals surface area (Å²) in [5.41, 5.74) is 10.5. The second kappa shape index (κ2) is 13.2. The predicted octanol–water partition coefficient (Wildman–Crippen LogP) is -2.34. The molecule has 0 aromatic rings. The average molecular weight is 445 g/mol. The lowest BCUT2D eigenvalue weighted by atomic mass is 10.0. The Labute approximate surface area is 179 Å². The van der Waals surface area contributed by atoms with Crippen molar-refractivity contribution in [3.8, 4) is 0 Å². The first-order valence-electron chi connectivity index (χ1n) is 9.65. The van der Waals surface area contributed by atoms with Crippen molar-refractivity contribution >= 4 is 35.6 Å². The summed E-state index contributed by atoms with van der Waals surface area (Å²) in [4.78, 5) is 70.4. The highest BCUT2D eigenvalue weighted by atomic mass is 16.4. The lowest BCUT2D eigenvalue weighted by Gasteiger charge is -2.25. The van der Waals surface area contributed by atoms with Crippen LogP contribution in [0.15, 0.2) is 0 Å². The average Bonchev–Trinajstić information content (AvgIpc) is 2.64. The van der Waals surface area contributed by atoms with Crippen LogP contribution >= 0.6 is 0 Å². The summed E-state index contributed by atoms with van der Waals surface area (Å²) < 4.78 is 0. The number of nitrogens with two attached hydrogens (primary N) is 2. The fourth-order valence-corrected chi connectivity index (χ4v) is 2.43. The van der Waals surface area contributed by atoms with Gasteiger partial charge in [-0.05, 0) is 25.7 Å². The molecule has 31 heavy (non-hydrogen) atoms. The van der Waals surface area contributed by atoms with Crippen LogP contribution in [0.2, 0.25) is 0 Å². The van der Waals surface area contributed by atoms with E-state index in [1.807, 2.05) is 0 Å². The molecule has 0 spiro atoms. The predicted molar refractivity (Wildman–Crippen MR) is 107 cm³/mol. The maximum Gasteiger partial charge on any atom is 0.326 e. The lowest BCUT2D eigenvalue weighted by molar-refractivity contribution is -0.144. The van der Waals surface area contributed by atoms with E-state index in [1.54, 1.807) is 13.8 Å². The molecule has 0 rings (SSSR count). The minimum atomic E-state index is -1.40. The van der Waals surface area contributed by atoms with Gasteiger partial charge in [-0.2, -0.15) is 0 Å². The number of rotatable bonds is 14. The summed E-state index contributed by atoms with van der Waals surface area (Å²) in [6.45, 7) is 4.50. The van der Waals surface area contributed by atoms with Gasteiger partial charge in [0.25, 0.3) is 0 Å². The lowest BCUT2D eigenvalue weighted by Crippen LogP contribution is -2.57. The molecule has 0 heterocycles.